The molecular formula is C15H32. The lowest BCUT2D eigenvalue weighted by molar-refractivity contribution is 0.146. The van der Waals surface area contributed by atoms with Crippen molar-refractivity contribution < 1.29 is 0 Å². The highest BCUT2D eigenvalue weighted by Crippen LogP contribution is 2.35. The molecule has 0 bridgehead atoms. The maximum Gasteiger partial charge on any atom is -0.0358 e. The van der Waals surface area contributed by atoms with E-state index < -0.39 is 0 Å². The third-order valence-electron chi connectivity index (χ3n) is 4.57. The standard InChI is InChI=1S/C15H32/c1-8-10-15(13(6)11(3)4)14(7)12(5)9-2/h11-15H,8-10H2,1-7H3. The van der Waals surface area contributed by atoms with E-state index in [1.54, 1.807) is 0 Å². The van der Waals surface area contributed by atoms with Gasteiger partial charge in [-0.1, -0.05) is 67.7 Å². The van der Waals surface area contributed by atoms with Gasteiger partial charge in [0.05, 0.1) is 0 Å². The highest BCUT2D eigenvalue weighted by Gasteiger charge is 2.27. The van der Waals surface area contributed by atoms with Gasteiger partial charge in [0, 0.05) is 0 Å². The predicted octanol–water partition coefficient (Wildman–Crippen LogP) is 5.38. The molecule has 0 nitrogen and oxygen atoms in total. The molecule has 0 heteroatoms. The highest BCUT2D eigenvalue weighted by molar-refractivity contribution is 4.76. The smallest absolute Gasteiger partial charge is 0.0358 e. The average molecular weight is 212 g/mol. The Balaban J connectivity index is 4.49. The minimum atomic E-state index is 0.827. The lowest BCUT2D eigenvalue weighted by Crippen LogP contribution is -2.27. The summed E-state index contributed by atoms with van der Waals surface area (Å²) >= 11 is 0. The Kier molecular flexibility index (Phi) is 7.30. The third-order valence-corrected chi connectivity index (χ3v) is 4.57. The number of hydrogen-bond donors (Lipinski definition) is 0. The van der Waals surface area contributed by atoms with E-state index in [9.17, 15) is 0 Å². The van der Waals surface area contributed by atoms with Crippen LogP contribution in [-0.4, -0.2) is 0 Å². The van der Waals surface area contributed by atoms with Crippen LogP contribution in [0.5, 0.6) is 0 Å². The van der Waals surface area contributed by atoms with Gasteiger partial charge < -0.3 is 0 Å². The van der Waals surface area contributed by atoms with Gasteiger partial charge in [0.25, 0.3) is 0 Å². The molecule has 0 aliphatic rings. The molecule has 92 valence electrons. The quantitative estimate of drug-likeness (QED) is 0.531. The highest BCUT2D eigenvalue weighted by atomic mass is 14.3. The van der Waals surface area contributed by atoms with E-state index in [0.717, 1.165) is 29.6 Å². The molecule has 0 amide bonds. The summed E-state index contributed by atoms with van der Waals surface area (Å²) in [5, 5.41) is 0. The van der Waals surface area contributed by atoms with Crippen LogP contribution in [0.3, 0.4) is 0 Å². The SMILES string of the molecule is CCCC(C(C)C(C)C)C(C)C(C)CC. The van der Waals surface area contributed by atoms with Crippen LogP contribution in [0.1, 0.15) is 67.7 Å². The van der Waals surface area contributed by atoms with E-state index in [-0.39, 0.29) is 0 Å². The summed E-state index contributed by atoms with van der Waals surface area (Å²) in [4.78, 5) is 0. The Morgan fingerprint density at radius 1 is 0.800 bits per heavy atom. The normalized spacial score (nSPS) is 20.0. The summed E-state index contributed by atoms with van der Waals surface area (Å²) in [5.41, 5.74) is 0. The van der Waals surface area contributed by atoms with Crippen LogP contribution >= 0.6 is 0 Å². The molecule has 0 rings (SSSR count). The first-order valence-electron chi connectivity index (χ1n) is 6.95. The molecule has 0 saturated carbocycles. The van der Waals surface area contributed by atoms with Gasteiger partial charge in [-0.3, -0.25) is 0 Å². The van der Waals surface area contributed by atoms with Gasteiger partial charge in [-0.05, 0) is 29.6 Å². The molecule has 15 heavy (non-hydrogen) atoms. The summed E-state index contributed by atoms with van der Waals surface area (Å²) in [7, 11) is 0. The predicted molar refractivity (Wildman–Crippen MR) is 71.0 cm³/mol. The molecule has 0 N–H and O–H groups in total. The van der Waals surface area contributed by atoms with Crippen molar-refractivity contribution in [2.24, 2.45) is 29.6 Å². The second-order valence-corrected chi connectivity index (χ2v) is 5.80. The molecule has 4 atom stereocenters. The summed E-state index contributed by atoms with van der Waals surface area (Å²) in [6.45, 7) is 16.7. The molecule has 0 radical (unpaired) electrons. The van der Waals surface area contributed by atoms with Crippen LogP contribution < -0.4 is 0 Å². The van der Waals surface area contributed by atoms with Crippen LogP contribution in [0, 0.1) is 29.6 Å². The molecule has 0 spiro atoms. The largest absolute Gasteiger partial charge is 0.0654 e. The minimum Gasteiger partial charge on any atom is -0.0654 e. The Morgan fingerprint density at radius 3 is 1.67 bits per heavy atom. The van der Waals surface area contributed by atoms with Crippen molar-refractivity contribution in [2.45, 2.75) is 67.7 Å². The minimum absolute atomic E-state index is 0.827. The average Bonchev–Trinajstić information content (AvgIpc) is 2.22. The summed E-state index contributed by atoms with van der Waals surface area (Å²) in [5.74, 6) is 4.38. The van der Waals surface area contributed by atoms with Crippen molar-refractivity contribution in [3.63, 3.8) is 0 Å². The van der Waals surface area contributed by atoms with E-state index in [4.69, 9.17) is 0 Å². The van der Waals surface area contributed by atoms with Crippen LogP contribution in [0.2, 0.25) is 0 Å². The van der Waals surface area contributed by atoms with Crippen molar-refractivity contribution in [3.05, 3.63) is 0 Å². The second-order valence-electron chi connectivity index (χ2n) is 5.80. The van der Waals surface area contributed by atoms with Gasteiger partial charge in [-0.15, -0.1) is 0 Å². The van der Waals surface area contributed by atoms with Crippen molar-refractivity contribution in [1.82, 2.24) is 0 Å². The summed E-state index contributed by atoms with van der Waals surface area (Å²) in [6, 6.07) is 0. The van der Waals surface area contributed by atoms with E-state index in [1.165, 1.54) is 19.3 Å². The van der Waals surface area contributed by atoms with E-state index in [0.29, 0.717) is 0 Å². The Hall–Kier alpha value is 0. The van der Waals surface area contributed by atoms with Crippen LogP contribution in [0.25, 0.3) is 0 Å². The Bertz CT molecular complexity index is 148. The van der Waals surface area contributed by atoms with E-state index >= 15 is 0 Å². The molecule has 0 saturated heterocycles. The zero-order valence-electron chi connectivity index (χ0n) is 12.0. The first kappa shape index (κ1) is 15.0. The van der Waals surface area contributed by atoms with Crippen LogP contribution in [0.4, 0.5) is 0 Å². The van der Waals surface area contributed by atoms with Gasteiger partial charge in [0.2, 0.25) is 0 Å². The fourth-order valence-corrected chi connectivity index (χ4v) is 2.63. The van der Waals surface area contributed by atoms with E-state index in [1.807, 2.05) is 0 Å². The lowest BCUT2D eigenvalue weighted by atomic mass is 9.71. The van der Waals surface area contributed by atoms with Gasteiger partial charge in [-0.25, -0.2) is 0 Å². The van der Waals surface area contributed by atoms with Gasteiger partial charge in [0.1, 0.15) is 0 Å². The number of hydrogen-bond acceptors (Lipinski definition) is 0. The maximum absolute atomic E-state index is 2.47. The molecule has 0 aromatic heterocycles. The van der Waals surface area contributed by atoms with Gasteiger partial charge in [0.15, 0.2) is 0 Å². The number of rotatable bonds is 7. The molecule has 0 fully saturated rings. The fraction of sp³-hybridized carbons (Fsp3) is 1.00. The van der Waals surface area contributed by atoms with E-state index in [2.05, 4.69) is 48.5 Å². The monoisotopic (exact) mass is 212 g/mol. The lowest BCUT2D eigenvalue weighted by Gasteiger charge is -2.35. The molecule has 0 aromatic rings. The zero-order chi connectivity index (χ0) is 12.0. The molecule has 0 aromatic carbocycles. The van der Waals surface area contributed by atoms with Crippen molar-refractivity contribution in [2.75, 3.05) is 0 Å². The Morgan fingerprint density at radius 2 is 1.33 bits per heavy atom. The molecular weight excluding hydrogens is 180 g/mol. The molecule has 0 heterocycles. The van der Waals surface area contributed by atoms with Gasteiger partial charge in [-0.2, -0.15) is 0 Å². The second kappa shape index (κ2) is 7.30. The fourth-order valence-electron chi connectivity index (χ4n) is 2.63. The van der Waals surface area contributed by atoms with Crippen LogP contribution in [0.15, 0.2) is 0 Å². The van der Waals surface area contributed by atoms with Gasteiger partial charge >= 0.3 is 0 Å². The van der Waals surface area contributed by atoms with Crippen molar-refractivity contribution >= 4 is 0 Å². The maximum atomic E-state index is 2.47. The summed E-state index contributed by atoms with van der Waals surface area (Å²) < 4.78 is 0. The molecule has 0 aliphatic carbocycles. The Labute approximate surface area is 97.8 Å². The first-order valence-corrected chi connectivity index (χ1v) is 6.95. The third kappa shape index (κ3) is 4.57. The topological polar surface area (TPSA) is 0 Å². The van der Waals surface area contributed by atoms with Crippen molar-refractivity contribution in [1.29, 1.82) is 0 Å². The van der Waals surface area contributed by atoms with Crippen LogP contribution in [-0.2, 0) is 0 Å². The summed E-state index contributed by atoms with van der Waals surface area (Å²) in [6.07, 6.45) is 4.07. The first-order chi connectivity index (χ1) is 6.95. The molecule has 0 aliphatic heterocycles. The van der Waals surface area contributed by atoms with Crippen molar-refractivity contribution in [3.8, 4) is 0 Å². The zero-order valence-corrected chi connectivity index (χ0v) is 12.0. The molecule has 4 unspecified atom stereocenters.